The summed E-state index contributed by atoms with van der Waals surface area (Å²) in [5, 5.41) is 4.56. The molecule has 0 aliphatic rings. The van der Waals surface area contributed by atoms with Gasteiger partial charge in [0.15, 0.2) is 0 Å². The molecule has 20 heavy (non-hydrogen) atoms. The lowest BCUT2D eigenvalue weighted by molar-refractivity contribution is 0.611. The van der Waals surface area contributed by atoms with Crippen molar-refractivity contribution in [2.45, 2.75) is 6.92 Å². The van der Waals surface area contributed by atoms with Gasteiger partial charge < -0.3 is 0 Å². The molecule has 2 aromatic carbocycles. The van der Waals surface area contributed by atoms with Crippen molar-refractivity contribution in [2.24, 2.45) is 0 Å². The van der Waals surface area contributed by atoms with Gasteiger partial charge in [0.25, 0.3) is 0 Å². The van der Waals surface area contributed by atoms with E-state index in [9.17, 15) is 4.39 Å². The highest BCUT2D eigenvalue weighted by atomic mass is 35.5. The lowest BCUT2D eigenvalue weighted by atomic mass is 10.0. The lowest BCUT2D eigenvalue weighted by Gasteiger charge is -2.05. The highest BCUT2D eigenvalue weighted by molar-refractivity contribution is 6.32. The summed E-state index contributed by atoms with van der Waals surface area (Å²) >= 11 is 6.05. The molecule has 0 aliphatic carbocycles. The van der Waals surface area contributed by atoms with Crippen LogP contribution in [0.4, 0.5) is 4.39 Å². The van der Waals surface area contributed by atoms with Gasteiger partial charge in [0.05, 0.1) is 11.2 Å². The Kier molecular flexibility index (Phi) is 3.28. The van der Waals surface area contributed by atoms with E-state index in [-0.39, 0.29) is 5.69 Å². The molecule has 1 aromatic heterocycles. The molecular weight excluding hydrogens is 275 g/mol. The van der Waals surface area contributed by atoms with Gasteiger partial charge in [-0.3, -0.25) is 0 Å². The van der Waals surface area contributed by atoms with Crippen LogP contribution in [0.3, 0.4) is 0 Å². The van der Waals surface area contributed by atoms with Crippen molar-refractivity contribution in [3.05, 3.63) is 71.3 Å². The van der Waals surface area contributed by atoms with Crippen molar-refractivity contribution in [1.82, 2.24) is 9.78 Å². The minimum absolute atomic E-state index is 0.272. The second kappa shape index (κ2) is 5.10. The van der Waals surface area contributed by atoms with Gasteiger partial charge in [-0.25, -0.2) is 9.07 Å². The molecule has 0 unspecified atom stereocenters. The molecular formula is C16H12ClFN2. The molecule has 1 heterocycles. The van der Waals surface area contributed by atoms with E-state index in [0.29, 0.717) is 5.02 Å². The summed E-state index contributed by atoms with van der Waals surface area (Å²) in [6, 6.07) is 12.6. The van der Waals surface area contributed by atoms with Gasteiger partial charge in [-0.1, -0.05) is 41.9 Å². The fourth-order valence-corrected chi connectivity index (χ4v) is 2.44. The van der Waals surface area contributed by atoms with Crippen molar-refractivity contribution in [3.8, 4) is 16.8 Å². The summed E-state index contributed by atoms with van der Waals surface area (Å²) in [7, 11) is 0. The number of aryl methyl sites for hydroxylation is 1. The smallest absolute Gasteiger partial charge is 0.150 e. The van der Waals surface area contributed by atoms with Crippen LogP contribution in [0.2, 0.25) is 5.02 Å². The van der Waals surface area contributed by atoms with E-state index in [4.69, 9.17) is 11.6 Å². The van der Waals surface area contributed by atoms with E-state index < -0.39 is 5.82 Å². The Morgan fingerprint density at radius 2 is 1.90 bits per heavy atom. The normalized spacial score (nSPS) is 10.8. The third-order valence-corrected chi connectivity index (χ3v) is 3.51. The predicted molar refractivity (Wildman–Crippen MR) is 78.7 cm³/mol. The van der Waals surface area contributed by atoms with Gasteiger partial charge in [0.1, 0.15) is 11.5 Å². The molecule has 0 N–H and O–H groups in total. The average Bonchev–Trinajstić information content (AvgIpc) is 2.88. The molecule has 3 aromatic rings. The second-order valence-electron chi connectivity index (χ2n) is 4.56. The fourth-order valence-electron chi connectivity index (χ4n) is 2.19. The number of halogens is 2. The zero-order chi connectivity index (χ0) is 14.1. The lowest BCUT2D eigenvalue weighted by Crippen LogP contribution is -1.98. The van der Waals surface area contributed by atoms with Crippen LogP contribution in [-0.2, 0) is 0 Å². The van der Waals surface area contributed by atoms with E-state index in [2.05, 4.69) is 5.10 Å². The quantitative estimate of drug-likeness (QED) is 0.671. The Balaban J connectivity index is 2.10. The average molecular weight is 287 g/mol. The number of nitrogens with zero attached hydrogens (tertiary/aromatic N) is 2. The second-order valence-corrected chi connectivity index (χ2v) is 4.97. The van der Waals surface area contributed by atoms with Crippen LogP contribution in [0, 0.1) is 12.7 Å². The first kappa shape index (κ1) is 12.9. The van der Waals surface area contributed by atoms with Gasteiger partial charge in [-0.15, -0.1) is 0 Å². The third kappa shape index (κ3) is 2.21. The zero-order valence-corrected chi connectivity index (χ0v) is 11.6. The summed E-state index contributed by atoms with van der Waals surface area (Å²) in [5.74, 6) is -0.392. The van der Waals surface area contributed by atoms with Crippen LogP contribution in [0.1, 0.15) is 5.56 Å². The molecule has 4 heteroatoms. The number of hydrogen-bond acceptors (Lipinski definition) is 1. The minimum Gasteiger partial charge on any atom is -0.236 e. The van der Waals surface area contributed by atoms with Crippen molar-refractivity contribution in [2.75, 3.05) is 0 Å². The molecule has 0 amide bonds. The molecule has 0 radical (unpaired) electrons. The minimum atomic E-state index is -0.392. The SMILES string of the molecule is Cc1ccccc1-c1cnn(-c2c(F)cccc2Cl)c1. The third-order valence-electron chi connectivity index (χ3n) is 3.21. The van der Waals surface area contributed by atoms with E-state index >= 15 is 0 Å². The summed E-state index contributed by atoms with van der Waals surface area (Å²) in [4.78, 5) is 0. The molecule has 100 valence electrons. The maximum atomic E-state index is 13.9. The first-order valence-electron chi connectivity index (χ1n) is 6.22. The summed E-state index contributed by atoms with van der Waals surface area (Å²) in [5.41, 5.74) is 3.43. The molecule has 2 nitrogen and oxygen atoms in total. The molecule has 0 bridgehead atoms. The van der Waals surface area contributed by atoms with Gasteiger partial charge in [-0.05, 0) is 30.2 Å². The highest BCUT2D eigenvalue weighted by Crippen LogP contribution is 2.27. The van der Waals surface area contributed by atoms with Crippen LogP contribution < -0.4 is 0 Å². The van der Waals surface area contributed by atoms with Crippen LogP contribution >= 0.6 is 11.6 Å². The van der Waals surface area contributed by atoms with E-state index in [1.54, 1.807) is 24.5 Å². The molecule has 0 atom stereocenters. The van der Waals surface area contributed by atoms with Crippen LogP contribution in [0.5, 0.6) is 0 Å². The number of para-hydroxylation sites is 1. The largest absolute Gasteiger partial charge is 0.236 e. The van der Waals surface area contributed by atoms with Gasteiger partial charge in [0.2, 0.25) is 0 Å². The zero-order valence-electron chi connectivity index (χ0n) is 10.8. The molecule has 0 aliphatic heterocycles. The molecule has 0 spiro atoms. The van der Waals surface area contributed by atoms with E-state index in [1.807, 2.05) is 31.2 Å². The Morgan fingerprint density at radius 3 is 2.65 bits per heavy atom. The maximum absolute atomic E-state index is 13.9. The summed E-state index contributed by atoms with van der Waals surface area (Å²) < 4.78 is 15.4. The molecule has 0 saturated carbocycles. The highest BCUT2D eigenvalue weighted by Gasteiger charge is 2.11. The van der Waals surface area contributed by atoms with Gasteiger partial charge in [-0.2, -0.15) is 5.10 Å². The first-order chi connectivity index (χ1) is 9.66. The molecule has 0 saturated heterocycles. The van der Waals surface area contributed by atoms with Crippen LogP contribution in [0.25, 0.3) is 16.8 Å². The van der Waals surface area contributed by atoms with Crippen molar-refractivity contribution >= 4 is 11.6 Å². The summed E-state index contributed by atoms with van der Waals surface area (Å²) in [6.07, 6.45) is 3.50. The van der Waals surface area contributed by atoms with Crippen molar-refractivity contribution in [3.63, 3.8) is 0 Å². The van der Waals surface area contributed by atoms with Crippen LogP contribution in [0.15, 0.2) is 54.9 Å². The first-order valence-corrected chi connectivity index (χ1v) is 6.59. The van der Waals surface area contributed by atoms with E-state index in [1.165, 1.54) is 10.7 Å². The Bertz CT molecular complexity index is 744. The van der Waals surface area contributed by atoms with Gasteiger partial charge in [0, 0.05) is 11.8 Å². The van der Waals surface area contributed by atoms with Crippen molar-refractivity contribution in [1.29, 1.82) is 0 Å². The fraction of sp³-hybridized carbons (Fsp3) is 0.0625. The molecule has 0 fully saturated rings. The summed E-state index contributed by atoms with van der Waals surface area (Å²) in [6.45, 7) is 2.03. The number of hydrogen-bond donors (Lipinski definition) is 0. The standard InChI is InChI=1S/C16H12ClFN2/c1-11-5-2-3-6-13(11)12-9-19-20(10-12)16-14(17)7-4-8-15(16)18/h2-10H,1H3. The maximum Gasteiger partial charge on any atom is 0.150 e. The van der Waals surface area contributed by atoms with Crippen molar-refractivity contribution < 1.29 is 4.39 Å². The van der Waals surface area contributed by atoms with Gasteiger partial charge >= 0.3 is 0 Å². The number of aromatic nitrogens is 2. The number of benzene rings is 2. The monoisotopic (exact) mass is 286 g/mol. The Morgan fingerprint density at radius 1 is 1.10 bits per heavy atom. The van der Waals surface area contributed by atoms with Crippen LogP contribution in [-0.4, -0.2) is 9.78 Å². The Hall–Kier alpha value is -2.13. The topological polar surface area (TPSA) is 17.8 Å². The Labute approximate surface area is 121 Å². The van der Waals surface area contributed by atoms with E-state index in [0.717, 1.165) is 16.7 Å². The predicted octanol–water partition coefficient (Wildman–Crippen LogP) is 4.64. The molecule has 3 rings (SSSR count). The number of rotatable bonds is 2.